The summed E-state index contributed by atoms with van der Waals surface area (Å²) in [5, 5.41) is 5.73. The van der Waals surface area contributed by atoms with Crippen LogP contribution in [0, 0.1) is 92.7 Å². The summed E-state index contributed by atoms with van der Waals surface area (Å²) >= 11 is 0. The maximum atomic E-state index is 14.4. The average Bonchev–Trinajstić information content (AvgIpc) is 0.746. The predicted octanol–water partition coefficient (Wildman–Crippen LogP) is 20.1. The van der Waals surface area contributed by atoms with Crippen LogP contribution in [-0.4, -0.2) is 84.3 Å². The Bertz CT molecular complexity index is 3650. The van der Waals surface area contributed by atoms with Crippen molar-refractivity contribution in [1.29, 1.82) is 0 Å². The van der Waals surface area contributed by atoms with Crippen molar-refractivity contribution in [3.8, 4) is 0 Å². The molecule has 0 aromatic heterocycles. The largest absolute Gasteiger partial charge is 0.508 e. The van der Waals surface area contributed by atoms with Crippen LogP contribution in [0.3, 0.4) is 0 Å². The van der Waals surface area contributed by atoms with Crippen molar-refractivity contribution in [1.82, 2.24) is 9.80 Å². The quantitative estimate of drug-likeness (QED) is 0.0273. The molecule has 0 spiro atoms. The number of allylic oxidation sites excluding steroid dienone is 2. The molecule has 5 aromatic carbocycles. The van der Waals surface area contributed by atoms with Crippen LogP contribution in [0.5, 0.6) is 0 Å². The predicted molar refractivity (Wildman–Crippen MR) is 377 cm³/mol. The molecule has 10 aliphatic rings. The van der Waals surface area contributed by atoms with Crippen molar-refractivity contribution < 1.29 is 47.7 Å². The van der Waals surface area contributed by atoms with Crippen LogP contribution in [0.2, 0.25) is 0 Å². The lowest BCUT2D eigenvalue weighted by Crippen LogP contribution is -2.51. The van der Waals surface area contributed by atoms with Crippen LogP contribution >= 0.6 is 0 Å². The Hall–Kier alpha value is -6.30. The van der Waals surface area contributed by atoms with Gasteiger partial charge in [-0.05, 0) is 239 Å². The van der Waals surface area contributed by atoms with Gasteiger partial charge in [0, 0.05) is 45.9 Å². The van der Waals surface area contributed by atoms with Gasteiger partial charge in [-0.15, -0.1) is 0 Å². The van der Waals surface area contributed by atoms with E-state index in [0.29, 0.717) is 68.5 Å². The maximum absolute atomic E-state index is 14.4. The van der Waals surface area contributed by atoms with E-state index in [4.69, 9.17) is 18.9 Å². The second kappa shape index (κ2) is 24.8. The minimum Gasteiger partial charge on any atom is -0.432 e. The van der Waals surface area contributed by atoms with Gasteiger partial charge in [0.25, 0.3) is 23.6 Å². The van der Waals surface area contributed by atoms with Crippen molar-refractivity contribution >= 4 is 79.0 Å². The smallest absolute Gasteiger partial charge is 0.432 e. The zero-order chi connectivity index (χ0) is 67.1. The number of rotatable bonds is 18. The van der Waals surface area contributed by atoms with E-state index in [2.05, 4.69) is 81.4 Å². The molecule has 6 fully saturated rings. The standard InChI is InChI=1S/C84H106N2O10/c1-47(2)13-11-15-49(5)65-29-31-67-59-19-17-51-45-53(33-37-81(51,7)69(59)35-39-83(65,67)9)95-79(91)93-43-41-85-75(87)61-25-21-55-57-23-27-63-74-64(28-24-58(72(57)74)56-22-26-62(76(85)88)73(61)71(55)56)78(90)86(77(63)89)42-44-94-80(92)96-54-34-38-82(8)52(46-54)18-20-60-68-32-30-66(50(6)16-12-14-48(3)4)84(68,10)40-36-70(60)82/h17-18,21-28,47-50,53-54,59-60,65-70H,11-16,19-20,29-46H2,1-10H3/t49-,50-,53+,54+,59+,60+,65-,66-,67+,68+,69+,70+,81+,82+,83-,84-/m1/s1. The monoisotopic (exact) mass is 1300 g/mol. The van der Waals surface area contributed by atoms with Crippen molar-refractivity contribution in [2.75, 3.05) is 26.3 Å². The second-order valence-electron chi connectivity index (χ2n) is 34.4. The molecule has 4 amide bonds. The van der Waals surface area contributed by atoms with E-state index in [1.165, 1.54) is 101 Å². The molecule has 6 saturated carbocycles. The van der Waals surface area contributed by atoms with Gasteiger partial charge in [-0.3, -0.25) is 29.0 Å². The van der Waals surface area contributed by atoms with Gasteiger partial charge in [0.2, 0.25) is 0 Å². The molecule has 0 radical (unpaired) electrons. The maximum Gasteiger partial charge on any atom is 0.508 e. The van der Waals surface area contributed by atoms with Crippen LogP contribution in [-0.2, 0) is 18.9 Å². The van der Waals surface area contributed by atoms with E-state index in [-0.39, 0.29) is 49.3 Å². The summed E-state index contributed by atoms with van der Waals surface area (Å²) in [4.78, 5) is 87.0. The Labute approximate surface area is 569 Å². The molecule has 2 aliphatic heterocycles. The molecule has 16 atom stereocenters. The number of benzene rings is 5. The van der Waals surface area contributed by atoms with Gasteiger partial charge in [0.05, 0.1) is 13.1 Å². The van der Waals surface area contributed by atoms with Crippen molar-refractivity contribution in [2.24, 2.45) is 92.7 Å². The molecular weight excluding hydrogens is 1200 g/mol. The van der Waals surface area contributed by atoms with Crippen LogP contribution in [0.25, 0.3) is 43.1 Å². The van der Waals surface area contributed by atoms with Gasteiger partial charge in [-0.25, -0.2) is 9.59 Å². The van der Waals surface area contributed by atoms with E-state index in [9.17, 15) is 28.8 Å². The van der Waals surface area contributed by atoms with Crippen molar-refractivity contribution in [3.05, 3.63) is 94.1 Å². The van der Waals surface area contributed by atoms with E-state index in [0.717, 1.165) is 140 Å². The number of hydrogen-bond acceptors (Lipinski definition) is 10. The van der Waals surface area contributed by atoms with E-state index in [1.807, 2.05) is 24.3 Å². The van der Waals surface area contributed by atoms with Gasteiger partial charge in [-0.2, -0.15) is 0 Å². The van der Waals surface area contributed by atoms with Crippen LogP contribution in [0.15, 0.2) is 71.8 Å². The molecule has 0 N–H and O–H groups in total. The third kappa shape index (κ3) is 10.6. The Kier molecular flexibility index (Phi) is 17.0. The summed E-state index contributed by atoms with van der Waals surface area (Å²) in [7, 11) is 0. The summed E-state index contributed by atoms with van der Waals surface area (Å²) in [6.45, 7) is 24.1. The highest BCUT2D eigenvalue weighted by Gasteiger charge is 2.61. The molecule has 5 aromatic rings. The van der Waals surface area contributed by atoms with Gasteiger partial charge < -0.3 is 18.9 Å². The molecule has 8 aliphatic carbocycles. The number of nitrogens with zero attached hydrogens (tertiary/aromatic N) is 2. The molecular formula is C84H106N2O10. The molecule has 512 valence electrons. The van der Waals surface area contributed by atoms with Crippen molar-refractivity contribution in [2.45, 2.75) is 223 Å². The fourth-order valence-corrected chi connectivity index (χ4v) is 24.1. The van der Waals surface area contributed by atoms with Crippen LogP contribution in [0.1, 0.15) is 252 Å². The summed E-state index contributed by atoms with van der Waals surface area (Å²) in [6, 6.07) is 14.5. The molecule has 0 saturated heterocycles. The lowest BCUT2D eigenvalue weighted by Gasteiger charge is -2.58. The Morgan fingerprint density at radius 1 is 0.448 bits per heavy atom. The third-order valence-electron chi connectivity index (χ3n) is 28.9. The number of ether oxygens (including phenoxy) is 4. The Balaban J connectivity index is 0.557. The molecule has 2 heterocycles. The highest BCUT2D eigenvalue weighted by molar-refractivity contribution is 6.41. The van der Waals surface area contributed by atoms with E-state index in [1.54, 1.807) is 24.3 Å². The van der Waals surface area contributed by atoms with E-state index >= 15 is 0 Å². The molecule has 0 unspecified atom stereocenters. The number of fused-ring (bicyclic) bond motifs is 12. The second-order valence-corrected chi connectivity index (χ2v) is 34.4. The number of imide groups is 2. The zero-order valence-electron chi connectivity index (χ0n) is 59.2. The number of hydrogen-bond donors (Lipinski definition) is 0. The summed E-state index contributed by atoms with van der Waals surface area (Å²) in [6.07, 6.45) is 28.8. The van der Waals surface area contributed by atoms with Crippen molar-refractivity contribution in [3.63, 3.8) is 0 Å². The van der Waals surface area contributed by atoms with Crippen LogP contribution < -0.4 is 0 Å². The van der Waals surface area contributed by atoms with Gasteiger partial charge in [-0.1, -0.05) is 155 Å². The summed E-state index contributed by atoms with van der Waals surface area (Å²) in [5.74, 6) is 7.15. The first-order valence-corrected chi connectivity index (χ1v) is 38.0. The molecule has 0 bridgehead atoms. The minimum absolute atomic E-state index is 0.114. The average molecular weight is 1300 g/mol. The first-order chi connectivity index (χ1) is 46.0. The molecule has 96 heavy (non-hydrogen) atoms. The zero-order valence-corrected chi connectivity index (χ0v) is 59.2. The lowest BCUT2D eigenvalue weighted by atomic mass is 9.47. The van der Waals surface area contributed by atoms with Gasteiger partial charge >= 0.3 is 12.3 Å². The summed E-state index contributed by atoms with van der Waals surface area (Å²) in [5.41, 5.74) is 5.43. The van der Waals surface area contributed by atoms with Gasteiger partial charge in [0.1, 0.15) is 25.4 Å². The fourth-order valence-electron chi connectivity index (χ4n) is 24.1. The third-order valence-corrected chi connectivity index (χ3v) is 28.9. The number of carbonyl (C=O) groups excluding carboxylic acids is 6. The molecule has 12 nitrogen and oxygen atoms in total. The topological polar surface area (TPSA) is 146 Å². The highest BCUT2D eigenvalue weighted by atomic mass is 16.7. The van der Waals surface area contributed by atoms with Crippen LogP contribution in [0.4, 0.5) is 9.59 Å². The minimum atomic E-state index is -0.778. The Morgan fingerprint density at radius 3 is 1.17 bits per heavy atom. The first kappa shape index (κ1) is 65.6. The fraction of sp³-hybridized carbons (Fsp3) is 0.643. The Morgan fingerprint density at radius 2 is 0.812 bits per heavy atom. The number of amides is 4. The highest BCUT2D eigenvalue weighted by Crippen LogP contribution is 2.69. The molecule has 15 rings (SSSR count). The SMILES string of the molecule is CC(C)CCC[C@@H](C)[C@H]1CC[C@H]2[C@@H]3CC=C4C[C@@H](OC(=O)OCCN5C(=O)c6ccc7c8ccc9c%10c(ccc(c%11ccc(c6c7%11)C5=O)c%108)C(=O)N(CCOC(=O)O[C@H]5CC[C@@]6(C)C(=CC[C@H]7[C@@H]8CC[C@H]([C@H](C)CCCC(C)C)[C@@]8(C)CC[C@@H]76)C5)C9=O)CC[C@]4(C)[C@H]3CC[C@]12C. The van der Waals surface area contributed by atoms with Gasteiger partial charge in [0.15, 0.2) is 0 Å². The van der Waals surface area contributed by atoms with E-state index < -0.39 is 35.9 Å². The lowest BCUT2D eigenvalue weighted by molar-refractivity contribution is -0.0618. The normalized spacial score (nSPS) is 33.6. The summed E-state index contributed by atoms with van der Waals surface area (Å²) < 4.78 is 23.4. The first-order valence-electron chi connectivity index (χ1n) is 38.0. The number of carbonyl (C=O) groups is 6. The molecule has 12 heteroatoms.